The largest absolute Gasteiger partial charge is 0.465 e. The van der Waals surface area contributed by atoms with Crippen LogP contribution < -0.4 is 11.1 Å². The number of nitrogens with one attached hydrogen (secondary N) is 1. The summed E-state index contributed by atoms with van der Waals surface area (Å²) in [5.74, 6) is 0.370. The van der Waals surface area contributed by atoms with Crippen LogP contribution >= 0.6 is 0 Å². The summed E-state index contributed by atoms with van der Waals surface area (Å²) in [6, 6.07) is 7.27. The minimum absolute atomic E-state index is 0.356. The van der Waals surface area contributed by atoms with Crippen molar-refractivity contribution in [3.63, 3.8) is 0 Å². The van der Waals surface area contributed by atoms with Gasteiger partial charge in [-0.15, -0.1) is 0 Å². The number of hydrogen-bond donors (Lipinski definition) is 2. The van der Waals surface area contributed by atoms with Crippen molar-refractivity contribution in [2.75, 3.05) is 25.5 Å². The molecule has 2 rings (SSSR count). The zero-order chi connectivity index (χ0) is 13.0. The molecule has 2 aromatic rings. The Kier molecular flexibility index (Phi) is 3.74. The van der Waals surface area contributed by atoms with E-state index >= 15 is 0 Å². The fourth-order valence-corrected chi connectivity index (χ4v) is 1.74. The van der Waals surface area contributed by atoms with E-state index in [-0.39, 0.29) is 5.97 Å². The van der Waals surface area contributed by atoms with Gasteiger partial charge in [-0.2, -0.15) is 0 Å². The van der Waals surface area contributed by atoms with Crippen LogP contribution in [0.1, 0.15) is 10.4 Å². The zero-order valence-corrected chi connectivity index (χ0v) is 10.1. The van der Waals surface area contributed by atoms with Crippen molar-refractivity contribution in [3.8, 4) is 0 Å². The summed E-state index contributed by atoms with van der Waals surface area (Å²) in [4.78, 5) is 15.8. The highest BCUT2D eigenvalue weighted by Crippen LogP contribution is 2.22. The highest BCUT2D eigenvalue weighted by molar-refractivity contribution is 5.99. The predicted molar refractivity (Wildman–Crippen MR) is 70.6 cm³/mol. The Morgan fingerprint density at radius 2 is 2.28 bits per heavy atom. The van der Waals surface area contributed by atoms with Gasteiger partial charge in [0.15, 0.2) is 0 Å². The number of fused-ring (bicyclic) bond motifs is 1. The number of hydrogen-bond acceptors (Lipinski definition) is 5. The van der Waals surface area contributed by atoms with Crippen molar-refractivity contribution in [1.82, 2.24) is 4.98 Å². The van der Waals surface area contributed by atoms with Crippen LogP contribution in [0.15, 0.2) is 30.5 Å². The lowest BCUT2D eigenvalue weighted by Crippen LogP contribution is -2.14. The first-order chi connectivity index (χ1) is 8.76. The number of nitrogens with zero attached hydrogens (tertiary/aromatic N) is 1. The lowest BCUT2D eigenvalue weighted by Gasteiger charge is -2.08. The highest BCUT2D eigenvalue weighted by atomic mass is 16.5. The van der Waals surface area contributed by atoms with Crippen LogP contribution in [0.3, 0.4) is 0 Å². The van der Waals surface area contributed by atoms with E-state index < -0.39 is 0 Å². The fourth-order valence-electron chi connectivity index (χ4n) is 1.74. The summed E-state index contributed by atoms with van der Waals surface area (Å²) < 4.78 is 4.71. The van der Waals surface area contributed by atoms with Crippen molar-refractivity contribution < 1.29 is 9.53 Å². The van der Waals surface area contributed by atoms with Gasteiger partial charge in [0.05, 0.1) is 12.7 Å². The number of carbonyl (C=O) groups is 1. The average molecular weight is 245 g/mol. The van der Waals surface area contributed by atoms with Gasteiger partial charge in [0.25, 0.3) is 0 Å². The van der Waals surface area contributed by atoms with E-state index in [0.717, 1.165) is 16.6 Å². The molecule has 3 N–H and O–H groups in total. The van der Waals surface area contributed by atoms with Crippen molar-refractivity contribution in [2.24, 2.45) is 5.73 Å². The van der Waals surface area contributed by atoms with Crippen LogP contribution in [0.2, 0.25) is 0 Å². The Morgan fingerprint density at radius 1 is 1.44 bits per heavy atom. The summed E-state index contributed by atoms with van der Waals surface area (Å²) in [5, 5.41) is 5.03. The van der Waals surface area contributed by atoms with Crippen LogP contribution in [-0.4, -0.2) is 31.2 Å². The molecule has 0 radical (unpaired) electrons. The number of rotatable bonds is 4. The maximum atomic E-state index is 11.5. The molecular weight excluding hydrogens is 230 g/mol. The molecule has 0 atom stereocenters. The molecule has 18 heavy (non-hydrogen) atoms. The van der Waals surface area contributed by atoms with Gasteiger partial charge in [0, 0.05) is 24.7 Å². The Balaban J connectivity index is 2.47. The number of ether oxygens (including phenoxy) is 1. The molecule has 0 saturated carbocycles. The topological polar surface area (TPSA) is 77.2 Å². The van der Waals surface area contributed by atoms with Gasteiger partial charge in [-0.25, -0.2) is 9.78 Å². The van der Waals surface area contributed by atoms with E-state index in [2.05, 4.69) is 10.3 Å². The molecule has 94 valence electrons. The Bertz CT molecular complexity index is 569. The first-order valence-electron chi connectivity index (χ1n) is 5.67. The van der Waals surface area contributed by atoms with E-state index in [9.17, 15) is 4.79 Å². The summed E-state index contributed by atoms with van der Waals surface area (Å²) in [7, 11) is 1.36. The van der Waals surface area contributed by atoms with Crippen LogP contribution in [0.5, 0.6) is 0 Å². The summed E-state index contributed by atoms with van der Waals surface area (Å²) in [6.07, 6.45) is 1.72. The third-order valence-corrected chi connectivity index (χ3v) is 2.62. The number of carbonyl (C=O) groups excluding carboxylic acids is 1. The number of methoxy groups -OCH3 is 1. The van der Waals surface area contributed by atoms with E-state index in [4.69, 9.17) is 10.5 Å². The second-order valence-electron chi connectivity index (χ2n) is 3.80. The van der Waals surface area contributed by atoms with Crippen molar-refractivity contribution in [2.45, 2.75) is 0 Å². The van der Waals surface area contributed by atoms with Gasteiger partial charge < -0.3 is 15.8 Å². The molecule has 1 aromatic heterocycles. The van der Waals surface area contributed by atoms with Crippen molar-refractivity contribution in [1.29, 1.82) is 0 Å². The molecule has 0 bridgehead atoms. The van der Waals surface area contributed by atoms with E-state index in [1.807, 2.05) is 12.1 Å². The predicted octanol–water partition coefficient (Wildman–Crippen LogP) is 1.39. The first-order valence-corrected chi connectivity index (χ1v) is 5.67. The van der Waals surface area contributed by atoms with Crippen LogP contribution in [-0.2, 0) is 4.74 Å². The summed E-state index contributed by atoms with van der Waals surface area (Å²) in [6.45, 7) is 1.16. The molecule has 0 aliphatic heterocycles. The molecule has 5 heteroatoms. The number of anilines is 1. The molecule has 0 aliphatic carbocycles. The first kappa shape index (κ1) is 12.3. The highest BCUT2D eigenvalue weighted by Gasteiger charge is 2.08. The molecule has 5 nitrogen and oxygen atoms in total. The molecule has 0 unspecified atom stereocenters. The zero-order valence-electron chi connectivity index (χ0n) is 10.1. The monoisotopic (exact) mass is 245 g/mol. The molecule has 1 aromatic carbocycles. The quantitative estimate of drug-likeness (QED) is 0.796. The minimum Gasteiger partial charge on any atom is -0.465 e. The van der Waals surface area contributed by atoms with Gasteiger partial charge in [-0.05, 0) is 23.6 Å². The van der Waals surface area contributed by atoms with E-state index in [1.165, 1.54) is 7.11 Å². The molecule has 1 heterocycles. The SMILES string of the molecule is COC(=O)c1ccc2ccnc(NCCN)c2c1. The van der Waals surface area contributed by atoms with Gasteiger partial charge >= 0.3 is 5.97 Å². The van der Waals surface area contributed by atoms with Crippen molar-refractivity contribution in [3.05, 3.63) is 36.0 Å². The standard InChI is InChI=1S/C13H15N3O2/c1-18-13(17)10-3-2-9-4-6-15-12(11(9)8-10)16-7-5-14/h2-4,6,8H,5,7,14H2,1H3,(H,15,16). The second kappa shape index (κ2) is 5.46. The molecule has 0 aliphatic rings. The minimum atomic E-state index is -0.356. The number of pyridine rings is 1. The van der Waals surface area contributed by atoms with E-state index in [1.54, 1.807) is 18.3 Å². The molecule has 0 amide bonds. The van der Waals surface area contributed by atoms with Crippen molar-refractivity contribution >= 4 is 22.6 Å². The summed E-state index contributed by atoms with van der Waals surface area (Å²) in [5.41, 5.74) is 5.96. The van der Waals surface area contributed by atoms with Crippen LogP contribution in [0, 0.1) is 0 Å². The maximum Gasteiger partial charge on any atom is 0.337 e. The number of benzene rings is 1. The fraction of sp³-hybridized carbons (Fsp3) is 0.231. The third kappa shape index (κ3) is 2.41. The van der Waals surface area contributed by atoms with Gasteiger partial charge in [-0.3, -0.25) is 0 Å². The maximum absolute atomic E-state index is 11.5. The molecule has 0 fully saturated rings. The Morgan fingerprint density at radius 3 is 3.00 bits per heavy atom. The lowest BCUT2D eigenvalue weighted by molar-refractivity contribution is 0.0601. The number of nitrogens with two attached hydrogens (primary N) is 1. The van der Waals surface area contributed by atoms with Crippen LogP contribution in [0.25, 0.3) is 10.8 Å². The Labute approximate surface area is 105 Å². The molecular formula is C13H15N3O2. The lowest BCUT2D eigenvalue weighted by atomic mass is 10.1. The summed E-state index contributed by atoms with van der Waals surface area (Å²) >= 11 is 0. The number of esters is 1. The normalized spacial score (nSPS) is 10.3. The van der Waals surface area contributed by atoms with Gasteiger partial charge in [0.1, 0.15) is 5.82 Å². The van der Waals surface area contributed by atoms with Gasteiger partial charge in [-0.1, -0.05) is 6.07 Å². The third-order valence-electron chi connectivity index (χ3n) is 2.62. The smallest absolute Gasteiger partial charge is 0.337 e. The Hall–Kier alpha value is -2.14. The average Bonchev–Trinajstić information content (AvgIpc) is 2.43. The molecule has 0 saturated heterocycles. The second-order valence-corrected chi connectivity index (χ2v) is 3.80. The van der Waals surface area contributed by atoms with Gasteiger partial charge in [0.2, 0.25) is 0 Å². The molecule has 0 spiro atoms. The van der Waals surface area contributed by atoms with E-state index in [0.29, 0.717) is 18.7 Å². The van der Waals surface area contributed by atoms with Crippen LogP contribution in [0.4, 0.5) is 5.82 Å². The number of aromatic nitrogens is 1.